The molecule has 1 aromatic rings. The average Bonchev–Trinajstić information content (AvgIpc) is 2.83. The third-order valence-corrected chi connectivity index (χ3v) is 4.03. The lowest BCUT2D eigenvalue weighted by Gasteiger charge is -2.21. The molecule has 1 amide bonds. The van der Waals surface area contributed by atoms with Crippen LogP contribution in [0.2, 0.25) is 0 Å². The first kappa shape index (κ1) is 17.9. The zero-order chi connectivity index (χ0) is 16.0. The lowest BCUT2D eigenvalue weighted by Crippen LogP contribution is -2.43. The van der Waals surface area contributed by atoms with Crippen molar-refractivity contribution >= 4 is 17.2 Å². The van der Waals surface area contributed by atoms with E-state index >= 15 is 0 Å². The van der Waals surface area contributed by atoms with Crippen molar-refractivity contribution in [2.75, 3.05) is 20.1 Å². The highest BCUT2D eigenvalue weighted by Gasteiger charge is 2.38. The molecule has 8 heteroatoms. The number of halogens is 3. The van der Waals surface area contributed by atoms with Crippen molar-refractivity contribution in [2.24, 2.45) is 0 Å². The molecule has 0 aromatic carbocycles. The van der Waals surface area contributed by atoms with Crippen LogP contribution >= 0.6 is 11.3 Å². The fourth-order valence-electron chi connectivity index (χ4n) is 1.66. The predicted molar refractivity (Wildman–Crippen MR) is 75.1 cm³/mol. The Bertz CT molecular complexity index is 463. The summed E-state index contributed by atoms with van der Waals surface area (Å²) >= 11 is 1.59. The maximum Gasteiger partial charge on any atom is 0.415 e. The second kappa shape index (κ2) is 7.77. The molecule has 0 aliphatic heterocycles. The van der Waals surface area contributed by atoms with E-state index in [4.69, 9.17) is 5.11 Å². The highest BCUT2D eigenvalue weighted by Crippen LogP contribution is 2.20. The maximum absolute atomic E-state index is 12.2. The lowest BCUT2D eigenvalue weighted by molar-refractivity contribution is -0.207. The van der Waals surface area contributed by atoms with E-state index in [1.807, 2.05) is 19.1 Å². The highest BCUT2D eigenvalue weighted by molar-refractivity contribution is 7.11. The number of hydrogen-bond acceptors (Lipinski definition) is 4. The van der Waals surface area contributed by atoms with Gasteiger partial charge in [0.15, 0.2) is 6.10 Å². The number of aryl methyl sites for hydroxylation is 1. The van der Waals surface area contributed by atoms with Crippen LogP contribution in [-0.2, 0) is 17.8 Å². The van der Waals surface area contributed by atoms with Gasteiger partial charge >= 0.3 is 6.18 Å². The number of nitrogens with zero attached hydrogens (tertiary/aromatic N) is 1. The zero-order valence-corrected chi connectivity index (χ0v) is 12.7. The first-order chi connectivity index (χ1) is 9.72. The van der Waals surface area contributed by atoms with Crippen LogP contribution in [0.25, 0.3) is 0 Å². The zero-order valence-electron chi connectivity index (χ0n) is 11.9. The Kier molecular flexibility index (Phi) is 6.63. The van der Waals surface area contributed by atoms with Gasteiger partial charge in [0.1, 0.15) is 0 Å². The third-order valence-electron chi connectivity index (χ3n) is 2.80. The van der Waals surface area contributed by atoms with E-state index in [-0.39, 0.29) is 12.5 Å². The van der Waals surface area contributed by atoms with E-state index in [2.05, 4.69) is 5.32 Å². The fourth-order valence-corrected chi connectivity index (χ4v) is 2.55. The van der Waals surface area contributed by atoms with Gasteiger partial charge in [-0.2, -0.15) is 13.2 Å². The van der Waals surface area contributed by atoms with E-state index in [1.165, 1.54) is 11.9 Å². The molecular weight excluding hydrogens is 305 g/mol. The molecule has 0 spiro atoms. The van der Waals surface area contributed by atoms with Gasteiger partial charge in [0.05, 0.1) is 13.1 Å². The number of thiophene rings is 1. The second-order valence-electron chi connectivity index (χ2n) is 4.75. The van der Waals surface area contributed by atoms with Gasteiger partial charge in [-0.25, -0.2) is 0 Å². The van der Waals surface area contributed by atoms with Crippen molar-refractivity contribution in [1.29, 1.82) is 0 Å². The SMILES string of the molecule is CCc1ccc(CNC(=O)CN(C)CC(O)C(F)(F)F)s1. The fraction of sp³-hybridized carbons (Fsp3) is 0.615. The first-order valence-electron chi connectivity index (χ1n) is 6.50. The third kappa shape index (κ3) is 6.45. The van der Waals surface area contributed by atoms with Crippen molar-refractivity contribution in [3.8, 4) is 0 Å². The number of alkyl halides is 3. The average molecular weight is 324 g/mol. The summed E-state index contributed by atoms with van der Waals surface area (Å²) in [6, 6.07) is 3.90. The molecule has 0 radical (unpaired) electrons. The number of likely N-dealkylation sites (N-methyl/N-ethyl adjacent to an activating group) is 1. The van der Waals surface area contributed by atoms with Gasteiger partial charge in [0.25, 0.3) is 0 Å². The van der Waals surface area contributed by atoms with Gasteiger partial charge in [-0.1, -0.05) is 6.92 Å². The number of nitrogens with one attached hydrogen (secondary N) is 1. The van der Waals surface area contributed by atoms with Crippen LogP contribution in [-0.4, -0.2) is 48.3 Å². The quantitative estimate of drug-likeness (QED) is 0.804. The van der Waals surface area contributed by atoms with Crippen LogP contribution in [0.5, 0.6) is 0 Å². The number of rotatable bonds is 7. The van der Waals surface area contributed by atoms with E-state index in [0.717, 1.165) is 16.2 Å². The Morgan fingerprint density at radius 3 is 2.57 bits per heavy atom. The molecule has 1 rings (SSSR count). The highest BCUT2D eigenvalue weighted by atomic mass is 32.1. The number of amides is 1. The van der Waals surface area contributed by atoms with E-state index in [0.29, 0.717) is 6.54 Å². The number of aliphatic hydroxyl groups excluding tert-OH is 1. The molecule has 1 aromatic heterocycles. The van der Waals surface area contributed by atoms with Gasteiger partial charge in [-0.15, -0.1) is 11.3 Å². The molecule has 2 N–H and O–H groups in total. The summed E-state index contributed by atoms with van der Waals surface area (Å²) in [5, 5.41) is 11.6. The maximum atomic E-state index is 12.2. The molecule has 1 heterocycles. The van der Waals surface area contributed by atoms with Crippen LogP contribution in [0, 0.1) is 0 Å². The molecule has 4 nitrogen and oxygen atoms in total. The van der Waals surface area contributed by atoms with E-state index in [9.17, 15) is 18.0 Å². The summed E-state index contributed by atoms with van der Waals surface area (Å²) in [4.78, 5) is 15.0. The Labute approximate surface area is 125 Å². The summed E-state index contributed by atoms with van der Waals surface area (Å²) in [7, 11) is 1.36. The normalized spacial score (nSPS) is 13.5. The van der Waals surface area contributed by atoms with Crippen LogP contribution in [0.1, 0.15) is 16.7 Å². The predicted octanol–water partition coefficient (Wildman–Crippen LogP) is 1.78. The molecule has 0 fully saturated rings. The van der Waals surface area contributed by atoms with E-state index < -0.39 is 18.8 Å². The summed E-state index contributed by atoms with van der Waals surface area (Å²) in [6.45, 7) is 1.57. The molecule has 0 saturated carbocycles. The monoisotopic (exact) mass is 324 g/mol. The number of aliphatic hydroxyl groups is 1. The van der Waals surface area contributed by atoms with Gasteiger partial charge in [0.2, 0.25) is 5.91 Å². The molecule has 1 atom stereocenters. The Morgan fingerprint density at radius 2 is 2.05 bits per heavy atom. The standard InChI is InChI=1S/C13H19F3N2O2S/c1-3-9-4-5-10(21-9)6-17-12(20)8-18(2)7-11(19)13(14,15)16/h4-5,11,19H,3,6-8H2,1-2H3,(H,17,20). The van der Waals surface area contributed by atoms with Crippen LogP contribution in [0.3, 0.4) is 0 Å². The van der Waals surface area contributed by atoms with Crippen molar-refractivity contribution in [1.82, 2.24) is 10.2 Å². The van der Waals surface area contributed by atoms with E-state index in [1.54, 1.807) is 11.3 Å². The smallest absolute Gasteiger partial charge is 0.382 e. The van der Waals surface area contributed by atoms with Crippen molar-refractivity contribution in [3.05, 3.63) is 21.9 Å². The molecule has 1 unspecified atom stereocenters. The summed E-state index contributed by atoms with van der Waals surface area (Å²) in [5.74, 6) is -0.377. The first-order valence-corrected chi connectivity index (χ1v) is 7.31. The van der Waals surface area contributed by atoms with Crippen molar-refractivity contribution in [2.45, 2.75) is 32.2 Å². The van der Waals surface area contributed by atoms with Crippen LogP contribution < -0.4 is 5.32 Å². The van der Waals surface area contributed by atoms with Crippen LogP contribution in [0.4, 0.5) is 13.2 Å². The van der Waals surface area contributed by atoms with Crippen molar-refractivity contribution < 1.29 is 23.1 Å². The molecule has 21 heavy (non-hydrogen) atoms. The van der Waals surface area contributed by atoms with Gasteiger partial charge in [-0.3, -0.25) is 9.69 Å². The minimum Gasteiger partial charge on any atom is -0.382 e. The summed E-state index contributed by atoms with van der Waals surface area (Å²) in [5.41, 5.74) is 0. The minimum atomic E-state index is -4.67. The second-order valence-corrected chi connectivity index (χ2v) is 6.01. The molecule has 0 saturated heterocycles. The molecule has 0 aliphatic rings. The Hall–Kier alpha value is -1.12. The molecule has 0 aliphatic carbocycles. The summed E-state index contributed by atoms with van der Waals surface area (Å²) < 4.78 is 36.5. The lowest BCUT2D eigenvalue weighted by atomic mass is 10.3. The topological polar surface area (TPSA) is 52.6 Å². The number of carbonyl (C=O) groups is 1. The Morgan fingerprint density at radius 1 is 1.43 bits per heavy atom. The van der Waals surface area contributed by atoms with Gasteiger partial charge in [-0.05, 0) is 25.6 Å². The Balaban J connectivity index is 2.33. The minimum absolute atomic E-state index is 0.195. The van der Waals surface area contributed by atoms with Crippen LogP contribution in [0.15, 0.2) is 12.1 Å². The molecular formula is C13H19F3N2O2S. The molecule has 0 bridgehead atoms. The van der Waals surface area contributed by atoms with Gasteiger partial charge in [0, 0.05) is 16.3 Å². The summed E-state index contributed by atoms with van der Waals surface area (Å²) in [6.07, 6.45) is -6.19. The van der Waals surface area contributed by atoms with Crippen molar-refractivity contribution in [3.63, 3.8) is 0 Å². The number of hydrogen-bond donors (Lipinski definition) is 2. The van der Waals surface area contributed by atoms with Gasteiger partial charge < -0.3 is 10.4 Å². The largest absolute Gasteiger partial charge is 0.415 e. The molecule has 120 valence electrons. The number of carbonyl (C=O) groups excluding carboxylic acids is 1.